The van der Waals surface area contributed by atoms with Crippen LogP contribution in [-0.4, -0.2) is 41.0 Å². The summed E-state index contributed by atoms with van der Waals surface area (Å²) >= 11 is 6.71. The second-order valence-electron chi connectivity index (χ2n) is 7.81. The molecule has 1 unspecified atom stereocenters. The van der Waals surface area contributed by atoms with Gasteiger partial charge in [0.15, 0.2) is 0 Å². The number of fused-ring (bicyclic) bond motifs is 2. The molecule has 0 saturated carbocycles. The molecule has 1 saturated heterocycles. The molecular weight excluding hydrogens is 368 g/mol. The lowest BCUT2D eigenvalue weighted by Crippen LogP contribution is -2.44. The Bertz CT molecular complexity index is 996. The lowest BCUT2D eigenvalue weighted by molar-refractivity contribution is 0.215. The van der Waals surface area contributed by atoms with Gasteiger partial charge in [-0.15, -0.1) is 0 Å². The van der Waals surface area contributed by atoms with Crippen molar-refractivity contribution < 1.29 is 0 Å². The maximum Gasteiger partial charge on any atom is 0.0727 e. The lowest BCUT2D eigenvalue weighted by atomic mass is 9.87. The zero-order chi connectivity index (χ0) is 19.8. The van der Waals surface area contributed by atoms with Gasteiger partial charge in [-0.3, -0.25) is 4.98 Å². The van der Waals surface area contributed by atoms with Gasteiger partial charge in [0.2, 0.25) is 0 Å². The van der Waals surface area contributed by atoms with Crippen LogP contribution < -0.4 is 0 Å². The first-order chi connectivity index (χ1) is 13.5. The van der Waals surface area contributed by atoms with E-state index in [1.807, 2.05) is 0 Å². The predicted molar refractivity (Wildman–Crippen MR) is 115 cm³/mol. The molecule has 2 heterocycles. The molecule has 0 N–H and O–H groups in total. The molecule has 2 aromatic rings. The molecule has 1 aliphatic carbocycles. The monoisotopic (exact) mass is 392 g/mol. The highest BCUT2D eigenvalue weighted by atomic mass is 35.5. The van der Waals surface area contributed by atoms with Gasteiger partial charge in [0.1, 0.15) is 0 Å². The van der Waals surface area contributed by atoms with Gasteiger partial charge in [-0.05, 0) is 37.0 Å². The molecule has 0 radical (unpaired) electrons. The van der Waals surface area contributed by atoms with Crippen LogP contribution in [0.5, 0.6) is 0 Å². The van der Waals surface area contributed by atoms with Crippen molar-refractivity contribution >= 4 is 28.2 Å². The first-order valence-corrected chi connectivity index (χ1v) is 10.2. The Morgan fingerprint density at radius 3 is 2.61 bits per heavy atom. The normalized spacial score (nSPS) is 19.2. The van der Waals surface area contributed by atoms with Gasteiger partial charge < -0.3 is 9.80 Å². The van der Waals surface area contributed by atoms with Crippen molar-refractivity contribution in [1.82, 2.24) is 14.8 Å². The van der Waals surface area contributed by atoms with E-state index < -0.39 is 0 Å². The Balaban J connectivity index is 1.62. The van der Waals surface area contributed by atoms with E-state index in [-0.39, 0.29) is 5.92 Å². The molecule has 144 valence electrons. The summed E-state index contributed by atoms with van der Waals surface area (Å²) in [6, 6.07) is 8.63. The molecule has 1 atom stereocenters. The standard InChI is InChI=1S/C23H25ClN4/c1-15(2)27-8-10-28(11-9-27)16(3)18-5-7-20-22(13-18)26-21-12-17(14-25)4-6-19(21)23(20)24/h5,7,13,17H,1,3-4,6,8-12H2,2H3. The van der Waals surface area contributed by atoms with Crippen molar-refractivity contribution in [1.29, 1.82) is 5.26 Å². The van der Waals surface area contributed by atoms with Gasteiger partial charge in [0.25, 0.3) is 0 Å². The van der Waals surface area contributed by atoms with Gasteiger partial charge in [-0.25, -0.2) is 0 Å². The summed E-state index contributed by atoms with van der Waals surface area (Å²) in [5.41, 5.74) is 6.20. The molecule has 1 aromatic heterocycles. The lowest BCUT2D eigenvalue weighted by Gasteiger charge is -2.38. The number of piperazine rings is 1. The van der Waals surface area contributed by atoms with E-state index in [4.69, 9.17) is 16.6 Å². The van der Waals surface area contributed by atoms with E-state index in [2.05, 4.69) is 54.1 Å². The Morgan fingerprint density at radius 2 is 1.93 bits per heavy atom. The summed E-state index contributed by atoms with van der Waals surface area (Å²) < 4.78 is 0. The van der Waals surface area contributed by atoms with Crippen molar-refractivity contribution in [2.24, 2.45) is 5.92 Å². The molecule has 0 bridgehead atoms. The van der Waals surface area contributed by atoms with Gasteiger partial charge in [0, 0.05) is 55.1 Å². The smallest absolute Gasteiger partial charge is 0.0727 e. The molecule has 0 amide bonds. The number of hydrogen-bond donors (Lipinski definition) is 0. The van der Waals surface area contributed by atoms with E-state index in [9.17, 15) is 5.26 Å². The third kappa shape index (κ3) is 3.36. The Kier molecular flexibility index (Phi) is 5.03. The number of benzene rings is 1. The molecular formula is C23H25ClN4. The fraction of sp³-hybridized carbons (Fsp3) is 0.391. The Hall–Kier alpha value is -2.51. The average Bonchev–Trinajstić information content (AvgIpc) is 2.72. The average molecular weight is 393 g/mol. The zero-order valence-electron chi connectivity index (χ0n) is 16.3. The molecule has 1 aromatic carbocycles. The third-order valence-corrected chi connectivity index (χ3v) is 6.43. The number of aromatic nitrogens is 1. The Labute approximate surface area is 171 Å². The highest BCUT2D eigenvalue weighted by Crippen LogP contribution is 2.35. The second-order valence-corrected chi connectivity index (χ2v) is 8.19. The van der Waals surface area contributed by atoms with Crippen LogP contribution in [0.2, 0.25) is 5.02 Å². The number of allylic oxidation sites excluding steroid dienone is 1. The van der Waals surface area contributed by atoms with Crippen molar-refractivity contribution in [2.45, 2.75) is 26.2 Å². The van der Waals surface area contributed by atoms with Gasteiger partial charge >= 0.3 is 0 Å². The summed E-state index contributed by atoms with van der Waals surface area (Å²) in [6.45, 7) is 14.2. The van der Waals surface area contributed by atoms with Gasteiger partial charge in [-0.2, -0.15) is 5.26 Å². The van der Waals surface area contributed by atoms with Crippen LogP contribution in [0.1, 0.15) is 30.2 Å². The maximum atomic E-state index is 9.28. The fourth-order valence-electron chi connectivity index (χ4n) is 4.22. The number of nitriles is 1. The Morgan fingerprint density at radius 1 is 1.21 bits per heavy atom. The summed E-state index contributed by atoms with van der Waals surface area (Å²) in [5, 5.41) is 11.1. The van der Waals surface area contributed by atoms with Crippen LogP contribution in [0.15, 0.2) is 37.1 Å². The third-order valence-electron chi connectivity index (χ3n) is 6.00. The van der Waals surface area contributed by atoms with Crippen LogP contribution in [0, 0.1) is 17.2 Å². The van der Waals surface area contributed by atoms with Crippen molar-refractivity contribution in [3.63, 3.8) is 0 Å². The number of hydrogen-bond acceptors (Lipinski definition) is 4. The molecule has 28 heavy (non-hydrogen) atoms. The summed E-state index contributed by atoms with van der Waals surface area (Å²) in [5.74, 6) is 0.0382. The number of pyridine rings is 1. The van der Waals surface area contributed by atoms with Crippen LogP contribution in [-0.2, 0) is 12.8 Å². The SMILES string of the molecule is C=C(C)N1CCN(C(=C)c2ccc3c(Cl)c4c(nc3c2)CC(C#N)CC4)CC1. The minimum Gasteiger partial charge on any atom is -0.372 e. The molecule has 5 heteroatoms. The predicted octanol–water partition coefficient (Wildman–Crippen LogP) is 4.64. The highest BCUT2D eigenvalue weighted by Gasteiger charge is 2.24. The molecule has 1 fully saturated rings. The van der Waals surface area contributed by atoms with E-state index in [1.54, 1.807) is 0 Å². The van der Waals surface area contributed by atoms with Crippen molar-refractivity contribution in [3.8, 4) is 6.07 Å². The van der Waals surface area contributed by atoms with Crippen LogP contribution >= 0.6 is 11.6 Å². The quantitative estimate of drug-likeness (QED) is 0.763. The van der Waals surface area contributed by atoms with Gasteiger partial charge in [0.05, 0.1) is 22.5 Å². The molecule has 4 nitrogen and oxygen atoms in total. The highest BCUT2D eigenvalue weighted by molar-refractivity contribution is 6.36. The summed E-state index contributed by atoms with van der Waals surface area (Å²) in [7, 11) is 0. The van der Waals surface area contributed by atoms with Crippen LogP contribution in [0.3, 0.4) is 0 Å². The minimum atomic E-state index is 0.0382. The second kappa shape index (κ2) is 7.48. The van der Waals surface area contributed by atoms with Crippen molar-refractivity contribution in [2.75, 3.05) is 26.2 Å². The molecule has 0 spiro atoms. The maximum absolute atomic E-state index is 9.28. The van der Waals surface area contributed by atoms with Crippen molar-refractivity contribution in [3.05, 3.63) is 58.9 Å². The number of halogens is 1. The zero-order valence-corrected chi connectivity index (χ0v) is 17.1. The summed E-state index contributed by atoms with van der Waals surface area (Å²) in [4.78, 5) is 9.52. The number of nitrogens with zero attached hydrogens (tertiary/aromatic N) is 4. The number of rotatable bonds is 3. The topological polar surface area (TPSA) is 43.2 Å². The minimum absolute atomic E-state index is 0.0382. The van der Waals surface area contributed by atoms with Gasteiger partial charge in [-0.1, -0.05) is 36.9 Å². The van der Waals surface area contributed by atoms with Crippen LogP contribution in [0.4, 0.5) is 0 Å². The van der Waals surface area contributed by atoms with E-state index in [0.717, 1.165) is 83.2 Å². The molecule has 4 rings (SSSR count). The first kappa shape index (κ1) is 18.8. The molecule has 1 aliphatic heterocycles. The molecule has 2 aliphatic rings. The first-order valence-electron chi connectivity index (χ1n) is 9.83. The van der Waals surface area contributed by atoms with E-state index in [0.29, 0.717) is 6.42 Å². The van der Waals surface area contributed by atoms with E-state index >= 15 is 0 Å². The largest absolute Gasteiger partial charge is 0.372 e. The van der Waals surface area contributed by atoms with Crippen LogP contribution in [0.25, 0.3) is 16.6 Å². The summed E-state index contributed by atoms with van der Waals surface area (Å²) in [6.07, 6.45) is 2.38. The fourth-order valence-corrected chi connectivity index (χ4v) is 4.58. The van der Waals surface area contributed by atoms with E-state index in [1.165, 1.54) is 0 Å².